The number of hydrogen-bond acceptors (Lipinski definition) is 2. The predicted molar refractivity (Wildman–Crippen MR) is 49.1 cm³/mol. The lowest BCUT2D eigenvalue weighted by Gasteiger charge is -2.12. The van der Waals surface area contributed by atoms with E-state index in [1.807, 2.05) is 0 Å². The second kappa shape index (κ2) is 5.03. The number of aliphatic hydroxyl groups excluding tert-OH is 1. The van der Waals surface area contributed by atoms with Crippen molar-refractivity contribution >= 4 is 11.2 Å². The summed E-state index contributed by atoms with van der Waals surface area (Å²) in [5, 5.41) is 8.55. The standard InChI is InChI=1S/C9H8F4O2S/c1-2-16(15)9-7(12)5(10)4(3-14)6(11)8(9)13/h14H,2-3H2,1H3. The molecular weight excluding hydrogens is 248 g/mol. The highest BCUT2D eigenvalue weighted by Gasteiger charge is 2.31. The summed E-state index contributed by atoms with van der Waals surface area (Å²) in [5.41, 5.74) is -1.10. The maximum Gasteiger partial charge on any atom is 0.230 e. The molecule has 0 radical (unpaired) electrons. The quantitative estimate of drug-likeness (QED) is 0.509. The van der Waals surface area contributed by atoms with E-state index in [9.17, 15) is 22.1 Å². The van der Waals surface area contributed by atoms with Crippen LogP contribution >= 0.6 is 0 Å². The summed E-state index contributed by atoms with van der Waals surface area (Å²) < 4.78 is 63.9. The molecule has 1 N–H and O–H groups in total. The molecule has 1 atom stereocenters. The third-order valence-corrected chi connectivity index (χ3v) is 3.30. The van der Waals surface area contributed by atoms with Crippen molar-refractivity contribution in [3.8, 4) is 0 Å². The molecule has 0 saturated carbocycles. The highest BCUT2D eigenvalue weighted by atomic mass is 32.2. The first-order valence-electron chi connectivity index (χ1n) is 4.29. The van der Waals surface area contributed by atoms with E-state index in [0.717, 1.165) is 0 Å². The van der Waals surface area contributed by atoms with Crippen molar-refractivity contribution in [3.63, 3.8) is 0 Å². The summed E-state index contributed by atoms with van der Waals surface area (Å²) in [4.78, 5) is -1.13. The molecule has 1 aromatic rings. The molecule has 7 heteroatoms. The van der Waals surface area contributed by atoms with Crippen LogP contribution in [0.25, 0.3) is 0 Å². The van der Waals surface area contributed by atoms with E-state index in [1.165, 1.54) is 6.92 Å². The van der Waals surface area contributed by atoms with Crippen LogP contribution in [0.4, 0.5) is 17.6 Å². The Labute approximate surface area is 92.1 Å². The van der Waals surface area contributed by atoms with Crippen LogP contribution in [-0.2, 0) is 17.8 Å². The van der Waals surface area contributed by atoms with E-state index in [-0.39, 0.29) is 5.75 Å². The van der Waals surface area contributed by atoms with Crippen molar-refractivity contribution in [2.75, 3.05) is 5.75 Å². The van der Waals surface area contributed by atoms with Crippen LogP contribution in [0.15, 0.2) is 4.90 Å². The van der Waals surface area contributed by atoms with Crippen LogP contribution < -0.4 is 0 Å². The molecule has 0 heterocycles. The van der Waals surface area contributed by atoms with Crippen molar-refractivity contribution in [1.82, 2.24) is 0 Å². The van der Waals surface area contributed by atoms with Gasteiger partial charge in [0, 0.05) is 0 Å². The number of benzene rings is 1. The van der Waals surface area contributed by atoms with Crippen molar-refractivity contribution in [2.45, 2.75) is 18.4 Å². The number of rotatable bonds is 3. The molecule has 1 aromatic carbocycles. The Balaban J connectivity index is 3.53. The fourth-order valence-electron chi connectivity index (χ4n) is 1.14. The van der Waals surface area contributed by atoms with Gasteiger partial charge in [-0.25, -0.2) is 8.78 Å². The van der Waals surface area contributed by atoms with Crippen molar-refractivity contribution in [2.24, 2.45) is 0 Å². The summed E-state index contributed by atoms with van der Waals surface area (Å²) in [6, 6.07) is 0. The zero-order chi connectivity index (χ0) is 12.5. The fraction of sp³-hybridized carbons (Fsp3) is 0.333. The van der Waals surface area contributed by atoms with E-state index in [4.69, 9.17) is 5.11 Å². The van der Waals surface area contributed by atoms with Crippen molar-refractivity contribution in [1.29, 1.82) is 0 Å². The molecule has 0 fully saturated rings. The molecular formula is C9H8F4O2S. The minimum atomic E-state index is -2.16. The molecule has 0 aliphatic rings. The first-order chi connectivity index (χ1) is 7.45. The van der Waals surface area contributed by atoms with Gasteiger partial charge in [-0.3, -0.25) is 0 Å². The second-order valence-corrected chi connectivity index (χ2v) is 4.53. The molecule has 0 aromatic heterocycles. The predicted octanol–water partition coefficient (Wildman–Crippen LogP) is 1.86. The zero-order valence-electron chi connectivity index (χ0n) is 8.19. The first-order valence-corrected chi connectivity index (χ1v) is 5.61. The SMILES string of the molecule is CC[S+]([O-])c1c(F)c(F)c(CO)c(F)c1F. The summed E-state index contributed by atoms with van der Waals surface area (Å²) in [6.07, 6.45) is 0. The normalized spacial score (nSPS) is 12.9. The van der Waals surface area contributed by atoms with Gasteiger partial charge in [-0.15, -0.1) is 0 Å². The fourth-order valence-corrected chi connectivity index (χ4v) is 2.01. The Morgan fingerprint density at radius 3 is 1.81 bits per heavy atom. The number of halogens is 4. The van der Waals surface area contributed by atoms with Gasteiger partial charge in [-0.05, 0) is 18.1 Å². The minimum Gasteiger partial charge on any atom is -0.611 e. The molecule has 1 unspecified atom stereocenters. The minimum absolute atomic E-state index is 0.175. The van der Waals surface area contributed by atoms with Gasteiger partial charge in [0.25, 0.3) is 0 Å². The Kier molecular flexibility index (Phi) is 4.17. The molecule has 0 amide bonds. The molecule has 90 valence electrons. The molecule has 16 heavy (non-hydrogen) atoms. The number of aliphatic hydroxyl groups is 1. The Morgan fingerprint density at radius 1 is 1.06 bits per heavy atom. The van der Waals surface area contributed by atoms with Crippen molar-refractivity contribution in [3.05, 3.63) is 28.8 Å². The average molecular weight is 256 g/mol. The van der Waals surface area contributed by atoms with Gasteiger partial charge in [-0.2, -0.15) is 8.78 Å². The highest BCUT2D eigenvalue weighted by molar-refractivity contribution is 7.91. The molecule has 2 nitrogen and oxygen atoms in total. The van der Waals surface area contributed by atoms with Gasteiger partial charge in [0.05, 0.1) is 12.2 Å². The van der Waals surface area contributed by atoms with Crippen molar-refractivity contribution < 1.29 is 27.2 Å². The summed E-state index contributed by atoms with van der Waals surface area (Å²) in [5.74, 6) is -7.03. The second-order valence-electron chi connectivity index (χ2n) is 2.86. The topological polar surface area (TPSA) is 43.3 Å². The lowest BCUT2D eigenvalue weighted by Crippen LogP contribution is -2.15. The smallest absolute Gasteiger partial charge is 0.230 e. The van der Waals surface area contributed by atoms with Crippen LogP contribution in [0.5, 0.6) is 0 Å². The molecule has 0 bridgehead atoms. The summed E-state index contributed by atoms with van der Waals surface area (Å²) in [7, 11) is 0. The first kappa shape index (κ1) is 13.3. The maximum absolute atomic E-state index is 13.2. The largest absolute Gasteiger partial charge is 0.611 e. The number of hydrogen-bond donors (Lipinski definition) is 1. The lowest BCUT2D eigenvalue weighted by molar-refractivity contribution is 0.260. The Bertz CT molecular complexity index is 382. The highest BCUT2D eigenvalue weighted by Crippen LogP contribution is 2.28. The van der Waals surface area contributed by atoms with Gasteiger partial charge in [0.2, 0.25) is 16.5 Å². The molecule has 0 spiro atoms. The molecule has 0 saturated heterocycles. The molecule has 0 aliphatic carbocycles. The average Bonchev–Trinajstić information content (AvgIpc) is 2.27. The van der Waals surface area contributed by atoms with Gasteiger partial charge < -0.3 is 9.66 Å². The van der Waals surface area contributed by atoms with E-state index in [0.29, 0.717) is 0 Å². The van der Waals surface area contributed by atoms with E-state index >= 15 is 0 Å². The van der Waals surface area contributed by atoms with Gasteiger partial charge >= 0.3 is 0 Å². The van der Waals surface area contributed by atoms with Crippen LogP contribution in [-0.4, -0.2) is 15.4 Å². The molecule has 0 aliphatic heterocycles. The lowest BCUT2D eigenvalue weighted by atomic mass is 10.2. The van der Waals surface area contributed by atoms with Crippen LogP contribution in [0.3, 0.4) is 0 Å². The van der Waals surface area contributed by atoms with Crippen LogP contribution in [0.2, 0.25) is 0 Å². The van der Waals surface area contributed by atoms with E-state index in [2.05, 4.69) is 0 Å². The Morgan fingerprint density at radius 2 is 1.50 bits per heavy atom. The van der Waals surface area contributed by atoms with Crippen LogP contribution in [0.1, 0.15) is 12.5 Å². The third-order valence-electron chi connectivity index (χ3n) is 1.96. The zero-order valence-corrected chi connectivity index (χ0v) is 9.01. The van der Waals surface area contributed by atoms with E-state index < -0.39 is 51.5 Å². The van der Waals surface area contributed by atoms with Gasteiger partial charge in [0.1, 0.15) is 5.75 Å². The van der Waals surface area contributed by atoms with Gasteiger partial charge in [-0.1, -0.05) is 0 Å². The molecule has 1 rings (SSSR count). The maximum atomic E-state index is 13.2. The van der Waals surface area contributed by atoms with Gasteiger partial charge in [0.15, 0.2) is 11.6 Å². The summed E-state index contributed by atoms with van der Waals surface area (Å²) in [6.45, 7) is 0.176. The van der Waals surface area contributed by atoms with E-state index in [1.54, 1.807) is 0 Å². The monoisotopic (exact) mass is 256 g/mol. The Hall–Kier alpha value is -0.790. The summed E-state index contributed by atoms with van der Waals surface area (Å²) >= 11 is -2.16. The van der Waals surface area contributed by atoms with Crippen LogP contribution in [0, 0.1) is 23.3 Å². The third kappa shape index (κ3) is 2.02.